The summed E-state index contributed by atoms with van der Waals surface area (Å²) in [6.07, 6.45) is 2.22. The van der Waals surface area contributed by atoms with Crippen molar-refractivity contribution in [2.75, 3.05) is 13.7 Å². The Kier molecular flexibility index (Phi) is 5.45. The second-order valence-corrected chi connectivity index (χ2v) is 4.30. The fourth-order valence-corrected chi connectivity index (χ4v) is 2.15. The van der Waals surface area contributed by atoms with Gasteiger partial charge in [-0.25, -0.2) is 0 Å². The molecule has 3 heteroatoms. The van der Waals surface area contributed by atoms with Gasteiger partial charge in [0, 0.05) is 5.56 Å². The monoisotopic (exact) mass is 237 g/mol. The predicted molar refractivity (Wildman–Crippen MR) is 70.3 cm³/mol. The summed E-state index contributed by atoms with van der Waals surface area (Å²) < 4.78 is 5.28. The van der Waals surface area contributed by atoms with Crippen LogP contribution < -0.4 is 10.5 Å². The Labute approximate surface area is 104 Å². The number of benzene rings is 1. The van der Waals surface area contributed by atoms with Crippen LogP contribution in [0, 0.1) is 0 Å². The van der Waals surface area contributed by atoms with Crippen molar-refractivity contribution >= 4 is 0 Å². The Balaban J connectivity index is 3.12. The van der Waals surface area contributed by atoms with Crippen molar-refractivity contribution in [3.05, 3.63) is 29.3 Å². The normalized spacial score (nSPS) is 12.8. The van der Waals surface area contributed by atoms with E-state index in [-0.39, 0.29) is 12.6 Å². The summed E-state index contributed by atoms with van der Waals surface area (Å²) in [7, 11) is 1.62. The summed E-state index contributed by atoms with van der Waals surface area (Å²) in [4.78, 5) is 0. The van der Waals surface area contributed by atoms with Gasteiger partial charge in [0.25, 0.3) is 0 Å². The molecule has 1 unspecified atom stereocenters. The van der Waals surface area contributed by atoms with E-state index in [9.17, 15) is 5.11 Å². The van der Waals surface area contributed by atoms with Crippen molar-refractivity contribution in [3.8, 4) is 5.75 Å². The lowest BCUT2D eigenvalue weighted by Crippen LogP contribution is -2.16. The van der Waals surface area contributed by atoms with Gasteiger partial charge in [0.15, 0.2) is 0 Å². The highest BCUT2D eigenvalue weighted by Crippen LogP contribution is 2.30. The summed E-state index contributed by atoms with van der Waals surface area (Å²) in [5.41, 5.74) is 8.05. The average molecular weight is 237 g/mol. The van der Waals surface area contributed by atoms with Gasteiger partial charge in [-0.2, -0.15) is 0 Å². The Morgan fingerprint density at radius 1 is 1.29 bits per heavy atom. The Morgan fingerprint density at radius 2 is 1.94 bits per heavy atom. The summed E-state index contributed by atoms with van der Waals surface area (Å²) >= 11 is 0. The molecule has 0 aliphatic rings. The summed E-state index contributed by atoms with van der Waals surface area (Å²) in [6, 6.07) is 5.72. The van der Waals surface area contributed by atoms with Gasteiger partial charge >= 0.3 is 0 Å². The molecule has 1 rings (SSSR count). The van der Waals surface area contributed by atoms with Crippen molar-refractivity contribution in [2.45, 2.75) is 38.6 Å². The SMILES string of the molecule is CCC(CC)c1ccc(OC)c(C(N)CO)c1. The molecule has 1 aromatic rings. The molecule has 0 aliphatic carbocycles. The molecule has 0 radical (unpaired) electrons. The van der Waals surface area contributed by atoms with Crippen LogP contribution in [0.2, 0.25) is 0 Å². The molecule has 0 aliphatic heterocycles. The number of hydrogen-bond donors (Lipinski definition) is 2. The quantitative estimate of drug-likeness (QED) is 0.799. The van der Waals surface area contributed by atoms with E-state index in [1.165, 1.54) is 5.56 Å². The number of methoxy groups -OCH3 is 1. The van der Waals surface area contributed by atoms with E-state index >= 15 is 0 Å². The molecular formula is C14H23NO2. The van der Waals surface area contributed by atoms with Crippen molar-refractivity contribution in [1.82, 2.24) is 0 Å². The zero-order valence-electron chi connectivity index (χ0n) is 10.9. The highest BCUT2D eigenvalue weighted by molar-refractivity contribution is 5.40. The molecule has 0 saturated carbocycles. The van der Waals surface area contributed by atoms with Crippen LogP contribution in [0.5, 0.6) is 5.75 Å². The van der Waals surface area contributed by atoms with Crippen molar-refractivity contribution in [2.24, 2.45) is 5.73 Å². The van der Waals surface area contributed by atoms with Crippen molar-refractivity contribution < 1.29 is 9.84 Å². The molecule has 3 N–H and O–H groups in total. The van der Waals surface area contributed by atoms with E-state index in [0.29, 0.717) is 5.92 Å². The smallest absolute Gasteiger partial charge is 0.123 e. The molecule has 3 nitrogen and oxygen atoms in total. The molecule has 1 aromatic carbocycles. The highest BCUT2D eigenvalue weighted by Gasteiger charge is 2.14. The second kappa shape index (κ2) is 6.62. The lowest BCUT2D eigenvalue weighted by atomic mass is 9.91. The maximum absolute atomic E-state index is 9.17. The van der Waals surface area contributed by atoms with Crippen LogP contribution in [0.1, 0.15) is 49.8 Å². The van der Waals surface area contributed by atoms with Crippen molar-refractivity contribution in [3.63, 3.8) is 0 Å². The minimum absolute atomic E-state index is 0.0667. The van der Waals surface area contributed by atoms with Crippen LogP contribution >= 0.6 is 0 Å². The fourth-order valence-electron chi connectivity index (χ4n) is 2.15. The van der Waals surface area contributed by atoms with Crippen LogP contribution in [0.15, 0.2) is 18.2 Å². The first-order valence-electron chi connectivity index (χ1n) is 6.22. The zero-order chi connectivity index (χ0) is 12.8. The Hall–Kier alpha value is -1.06. The topological polar surface area (TPSA) is 55.5 Å². The average Bonchev–Trinajstić information content (AvgIpc) is 2.39. The first-order valence-corrected chi connectivity index (χ1v) is 6.22. The van der Waals surface area contributed by atoms with Gasteiger partial charge in [-0.05, 0) is 30.4 Å². The van der Waals surface area contributed by atoms with E-state index in [0.717, 1.165) is 24.2 Å². The standard InChI is InChI=1S/C14H23NO2/c1-4-10(5-2)11-6-7-14(17-3)12(8-11)13(15)9-16/h6-8,10,13,16H,4-5,9,15H2,1-3H3. The molecule has 96 valence electrons. The molecule has 0 saturated heterocycles. The van der Waals surface area contributed by atoms with Gasteiger partial charge in [-0.3, -0.25) is 0 Å². The van der Waals surface area contributed by atoms with E-state index in [1.807, 2.05) is 6.07 Å². The third-order valence-electron chi connectivity index (χ3n) is 3.31. The zero-order valence-corrected chi connectivity index (χ0v) is 10.9. The van der Waals surface area contributed by atoms with Gasteiger partial charge in [0.2, 0.25) is 0 Å². The van der Waals surface area contributed by atoms with Crippen LogP contribution in [0.4, 0.5) is 0 Å². The fraction of sp³-hybridized carbons (Fsp3) is 0.571. The lowest BCUT2D eigenvalue weighted by Gasteiger charge is -2.18. The second-order valence-electron chi connectivity index (χ2n) is 4.30. The molecule has 0 bridgehead atoms. The Morgan fingerprint density at radius 3 is 2.41 bits per heavy atom. The Bertz CT molecular complexity index is 348. The van der Waals surface area contributed by atoms with Crippen molar-refractivity contribution in [1.29, 1.82) is 0 Å². The maximum atomic E-state index is 9.17. The lowest BCUT2D eigenvalue weighted by molar-refractivity contribution is 0.264. The third kappa shape index (κ3) is 3.20. The summed E-state index contributed by atoms with van der Waals surface area (Å²) in [5, 5.41) is 9.17. The van der Waals surface area contributed by atoms with Crippen LogP contribution in [-0.2, 0) is 0 Å². The molecule has 1 atom stereocenters. The molecule has 0 aromatic heterocycles. The minimum Gasteiger partial charge on any atom is -0.496 e. The van der Waals surface area contributed by atoms with Gasteiger partial charge < -0.3 is 15.6 Å². The van der Waals surface area contributed by atoms with Gasteiger partial charge in [-0.1, -0.05) is 26.0 Å². The number of ether oxygens (including phenoxy) is 1. The number of aliphatic hydroxyl groups excluding tert-OH is 1. The molecule has 0 spiro atoms. The first kappa shape index (κ1) is 14.0. The highest BCUT2D eigenvalue weighted by atomic mass is 16.5. The van der Waals surface area contributed by atoms with Gasteiger partial charge in [0.05, 0.1) is 19.8 Å². The molecule has 0 heterocycles. The van der Waals surface area contributed by atoms with Crippen LogP contribution in [0.25, 0.3) is 0 Å². The molecular weight excluding hydrogens is 214 g/mol. The largest absolute Gasteiger partial charge is 0.496 e. The minimum atomic E-state index is -0.376. The van der Waals surface area contributed by atoms with E-state index < -0.39 is 0 Å². The summed E-state index contributed by atoms with van der Waals surface area (Å²) in [6.45, 7) is 4.30. The molecule has 17 heavy (non-hydrogen) atoms. The maximum Gasteiger partial charge on any atom is 0.123 e. The number of rotatable bonds is 6. The van der Waals surface area contributed by atoms with Crippen LogP contribution in [0.3, 0.4) is 0 Å². The number of aliphatic hydroxyl groups is 1. The first-order chi connectivity index (χ1) is 8.17. The molecule has 0 amide bonds. The van der Waals surface area contributed by atoms with E-state index in [2.05, 4.69) is 26.0 Å². The van der Waals surface area contributed by atoms with Gasteiger partial charge in [0.1, 0.15) is 5.75 Å². The van der Waals surface area contributed by atoms with Gasteiger partial charge in [-0.15, -0.1) is 0 Å². The van der Waals surface area contributed by atoms with E-state index in [4.69, 9.17) is 10.5 Å². The van der Waals surface area contributed by atoms with Crippen LogP contribution in [-0.4, -0.2) is 18.8 Å². The number of nitrogens with two attached hydrogens (primary N) is 1. The third-order valence-corrected chi connectivity index (χ3v) is 3.31. The predicted octanol–water partition coefficient (Wildman–Crippen LogP) is 2.59. The number of hydrogen-bond acceptors (Lipinski definition) is 3. The summed E-state index contributed by atoms with van der Waals surface area (Å²) in [5.74, 6) is 1.30. The van der Waals surface area contributed by atoms with E-state index in [1.54, 1.807) is 7.11 Å². The molecule has 0 fully saturated rings.